The van der Waals surface area contributed by atoms with Crippen LogP contribution < -0.4 is 10.6 Å². The van der Waals surface area contributed by atoms with Crippen molar-refractivity contribution in [3.05, 3.63) is 71.5 Å². The highest BCUT2D eigenvalue weighted by molar-refractivity contribution is 6.30. The molecule has 25 heavy (non-hydrogen) atoms. The Kier molecular flexibility index (Phi) is 5.26. The molecule has 2 aromatic carbocycles. The van der Waals surface area contributed by atoms with Crippen LogP contribution in [0.15, 0.2) is 60.9 Å². The maximum atomic E-state index is 11.2. The van der Waals surface area contributed by atoms with Gasteiger partial charge < -0.3 is 10.6 Å². The van der Waals surface area contributed by atoms with E-state index < -0.39 is 0 Å². The summed E-state index contributed by atoms with van der Waals surface area (Å²) in [5.41, 5.74) is 3.39. The van der Waals surface area contributed by atoms with Crippen LogP contribution >= 0.6 is 11.6 Å². The molecule has 3 aromatic rings. The minimum Gasteiger partial charge on any atom is -0.365 e. The lowest BCUT2D eigenvalue weighted by atomic mass is 10.1. The summed E-state index contributed by atoms with van der Waals surface area (Å²) in [5, 5.41) is 6.71. The van der Waals surface area contributed by atoms with Crippen LogP contribution in [0.1, 0.15) is 12.5 Å². The number of nitrogens with zero attached hydrogens (tertiary/aromatic N) is 2. The molecule has 3 rings (SSSR count). The first-order valence-corrected chi connectivity index (χ1v) is 8.16. The lowest BCUT2D eigenvalue weighted by molar-refractivity contribution is -0.114. The van der Waals surface area contributed by atoms with Crippen molar-refractivity contribution >= 4 is 29.0 Å². The highest BCUT2D eigenvalue weighted by Crippen LogP contribution is 2.21. The first kappa shape index (κ1) is 16.9. The second-order valence-corrected chi connectivity index (χ2v) is 5.97. The van der Waals surface area contributed by atoms with E-state index in [2.05, 4.69) is 20.6 Å². The fourth-order valence-corrected chi connectivity index (χ4v) is 2.60. The van der Waals surface area contributed by atoms with Gasteiger partial charge in [-0.15, -0.1) is 0 Å². The summed E-state index contributed by atoms with van der Waals surface area (Å²) < 4.78 is 0. The van der Waals surface area contributed by atoms with Gasteiger partial charge >= 0.3 is 0 Å². The van der Waals surface area contributed by atoms with Gasteiger partial charge in [0.25, 0.3) is 0 Å². The Morgan fingerprint density at radius 2 is 1.96 bits per heavy atom. The Hall–Kier alpha value is -2.92. The van der Waals surface area contributed by atoms with Crippen LogP contribution in [-0.2, 0) is 11.3 Å². The van der Waals surface area contributed by atoms with E-state index in [1.54, 1.807) is 12.4 Å². The van der Waals surface area contributed by atoms with E-state index in [9.17, 15) is 4.79 Å². The normalized spacial score (nSPS) is 10.3. The molecule has 0 atom stereocenters. The van der Waals surface area contributed by atoms with Gasteiger partial charge in [0.05, 0.1) is 18.1 Å². The minimum atomic E-state index is -0.111. The SMILES string of the molecule is CC(=O)Nc1cccc(-c2cncc(NCc3cccc(Cl)c3)n2)c1. The number of hydrogen-bond acceptors (Lipinski definition) is 4. The number of nitrogens with one attached hydrogen (secondary N) is 2. The maximum absolute atomic E-state index is 11.2. The monoisotopic (exact) mass is 352 g/mol. The molecule has 0 radical (unpaired) electrons. The van der Waals surface area contributed by atoms with E-state index in [0.29, 0.717) is 17.4 Å². The smallest absolute Gasteiger partial charge is 0.221 e. The van der Waals surface area contributed by atoms with Crippen LogP contribution in [0.5, 0.6) is 0 Å². The van der Waals surface area contributed by atoms with Crippen LogP contribution in [0, 0.1) is 0 Å². The Balaban J connectivity index is 1.76. The minimum absolute atomic E-state index is 0.111. The van der Waals surface area contributed by atoms with E-state index in [4.69, 9.17) is 11.6 Å². The molecule has 0 spiro atoms. The van der Waals surface area contributed by atoms with Crippen LogP contribution in [0.25, 0.3) is 11.3 Å². The third kappa shape index (κ3) is 4.78. The molecule has 0 saturated heterocycles. The number of anilines is 2. The summed E-state index contributed by atoms with van der Waals surface area (Å²) in [6.45, 7) is 2.08. The van der Waals surface area contributed by atoms with E-state index in [1.807, 2.05) is 48.5 Å². The van der Waals surface area contributed by atoms with E-state index in [1.165, 1.54) is 6.92 Å². The van der Waals surface area contributed by atoms with Crippen molar-refractivity contribution in [3.63, 3.8) is 0 Å². The first-order valence-electron chi connectivity index (χ1n) is 7.78. The fraction of sp³-hybridized carbons (Fsp3) is 0.105. The summed E-state index contributed by atoms with van der Waals surface area (Å²) in [7, 11) is 0. The van der Waals surface area contributed by atoms with Gasteiger partial charge in [0.2, 0.25) is 5.91 Å². The molecule has 1 heterocycles. The van der Waals surface area contributed by atoms with Crippen molar-refractivity contribution in [3.8, 4) is 11.3 Å². The topological polar surface area (TPSA) is 66.9 Å². The molecule has 2 N–H and O–H groups in total. The number of benzene rings is 2. The lowest BCUT2D eigenvalue weighted by Gasteiger charge is -2.09. The van der Waals surface area contributed by atoms with Gasteiger partial charge in [-0.25, -0.2) is 4.98 Å². The second-order valence-electron chi connectivity index (χ2n) is 5.54. The van der Waals surface area contributed by atoms with Gasteiger partial charge in [-0.1, -0.05) is 35.9 Å². The summed E-state index contributed by atoms with van der Waals surface area (Å²) in [5.74, 6) is 0.558. The number of carbonyl (C=O) groups is 1. The first-order chi connectivity index (χ1) is 12.1. The zero-order valence-corrected chi connectivity index (χ0v) is 14.4. The highest BCUT2D eigenvalue weighted by atomic mass is 35.5. The molecule has 1 amide bonds. The van der Waals surface area contributed by atoms with Crippen LogP contribution in [0.4, 0.5) is 11.5 Å². The molecule has 5 nitrogen and oxygen atoms in total. The summed E-state index contributed by atoms with van der Waals surface area (Å²) in [4.78, 5) is 20.0. The molecule has 6 heteroatoms. The Labute approximate surface area is 151 Å². The number of rotatable bonds is 5. The number of halogens is 1. The average Bonchev–Trinajstić information content (AvgIpc) is 2.60. The molecule has 0 fully saturated rings. The lowest BCUT2D eigenvalue weighted by Crippen LogP contribution is -2.05. The molecule has 0 aliphatic carbocycles. The van der Waals surface area contributed by atoms with Crippen LogP contribution in [0.2, 0.25) is 5.02 Å². The van der Waals surface area contributed by atoms with Gasteiger partial charge in [-0.2, -0.15) is 0 Å². The summed E-state index contributed by atoms with van der Waals surface area (Å²) in [6, 6.07) is 15.1. The van der Waals surface area contributed by atoms with E-state index in [-0.39, 0.29) is 5.91 Å². The van der Waals surface area contributed by atoms with Crippen molar-refractivity contribution in [1.82, 2.24) is 9.97 Å². The fourth-order valence-electron chi connectivity index (χ4n) is 2.39. The Morgan fingerprint density at radius 1 is 1.12 bits per heavy atom. The van der Waals surface area contributed by atoms with Gasteiger partial charge in [0.1, 0.15) is 5.82 Å². The molecular weight excluding hydrogens is 336 g/mol. The Bertz CT molecular complexity index is 898. The number of carbonyl (C=O) groups excluding carboxylic acids is 1. The maximum Gasteiger partial charge on any atom is 0.221 e. The molecule has 0 saturated carbocycles. The molecule has 0 aliphatic rings. The van der Waals surface area contributed by atoms with Crippen molar-refractivity contribution in [1.29, 1.82) is 0 Å². The molecule has 126 valence electrons. The predicted octanol–water partition coefficient (Wildman–Crippen LogP) is 4.37. The van der Waals surface area contributed by atoms with Gasteiger partial charge in [0, 0.05) is 29.7 Å². The van der Waals surface area contributed by atoms with Crippen molar-refractivity contribution in [2.75, 3.05) is 10.6 Å². The summed E-state index contributed by atoms with van der Waals surface area (Å²) in [6.07, 6.45) is 3.36. The third-order valence-electron chi connectivity index (χ3n) is 3.48. The predicted molar refractivity (Wildman–Crippen MR) is 101 cm³/mol. The molecule has 0 bridgehead atoms. The molecule has 0 unspecified atom stereocenters. The van der Waals surface area contributed by atoms with Crippen molar-refractivity contribution in [2.45, 2.75) is 13.5 Å². The second kappa shape index (κ2) is 7.77. The average molecular weight is 353 g/mol. The van der Waals surface area contributed by atoms with Gasteiger partial charge in [-0.3, -0.25) is 9.78 Å². The molecular formula is C19H17ClN4O. The number of amides is 1. The zero-order valence-electron chi connectivity index (χ0n) is 13.7. The quantitative estimate of drug-likeness (QED) is 0.715. The third-order valence-corrected chi connectivity index (χ3v) is 3.71. The van der Waals surface area contributed by atoms with E-state index >= 15 is 0 Å². The van der Waals surface area contributed by atoms with Gasteiger partial charge in [-0.05, 0) is 29.8 Å². The highest BCUT2D eigenvalue weighted by Gasteiger charge is 2.04. The number of aromatic nitrogens is 2. The van der Waals surface area contributed by atoms with Crippen LogP contribution in [-0.4, -0.2) is 15.9 Å². The largest absolute Gasteiger partial charge is 0.365 e. The van der Waals surface area contributed by atoms with Crippen molar-refractivity contribution in [2.24, 2.45) is 0 Å². The van der Waals surface area contributed by atoms with Crippen LogP contribution in [0.3, 0.4) is 0 Å². The molecule has 0 aliphatic heterocycles. The Morgan fingerprint density at radius 3 is 2.76 bits per heavy atom. The van der Waals surface area contributed by atoms with Crippen molar-refractivity contribution < 1.29 is 4.79 Å². The standard InChI is InChI=1S/C19H17ClN4O/c1-13(25)23-17-7-3-5-15(9-17)18-11-21-12-19(24-18)22-10-14-4-2-6-16(20)8-14/h2-9,11-12H,10H2,1H3,(H,22,24)(H,23,25). The zero-order chi connectivity index (χ0) is 17.6. The van der Waals surface area contributed by atoms with Gasteiger partial charge in [0.15, 0.2) is 0 Å². The summed E-state index contributed by atoms with van der Waals surface area (Å²) >= 11 is 6.00. The van der Waals surface area contributed by atoms with E-state index in [0.717, 1.165) is 22.5 Å². The molecule has 1 aromatic heterocycles. The number of hydrogen-bond donors (Lipinski definition) is 2.